The van der Waals surface area contributed by atoms with Crippen LogP contribution in [-0.4, -0.2) is 19.0 Å². The number of rotatable bonds is 4. The first-order valence-electron chi connectivity index (χ1n) is 4.22. The molecule has 1 heterocycles. The highest BCUT2D eigenvalue weighted by atomic mass is 79.9. The Morgan fingerprint density at radius 1 is 1.53 bits per heavy atom. The summed E-state index contributed by atoms with van der Waals surface area (Å²) in [7, 11) is 1.30. The minimum absolute atomic E-state index is 0.106. The number of amides is 1. The first-order chi connectivity index (χ1) is 7.11. The van der Waals surface area contributed by atoms with Gasteiger partial charge < -0.3 is 10.1 Å². The van der Waals surface area contributed by atoms with Gasteiger partial charge >= 0.3 is 5.97 Å². The number of thiophene rings is 1. The number of methoxy groups -OCH3 is 1. The molecule has 1 aromatic rings. The van der Waals surface area contributed by atoms with Gasteiger partial charge in [0.15, 0.2) is 0 Å². The van der Waals surface area contributed by atoms with Crippen molar-refractivity contribution in [2.24, 2.45) is 0 Å². The molecule has 0 atom stereocenters. The number of carbonyl (C=O) groups excluding carboxylic acids is 2. The average molecular weight is 292 g/mol. The van der Waals surface area contributed by atoms with Crippen molar-refractivity contribution < 1.29 is 14.3 Å². The van der Waals surface area contributed by atoms with Gasteiger partial charge in [0.1, 0.15) is 0 Å². The third kappa shape index (κ3) is 4.44. The second-order valence-corrected chi connectivity index (χ2v) is 4.58. The van der Waals surface area contributed by atoms with E-state index in [0.717, 1.165) is 9.47 Å². The monoisotopic (exact) mass is 291 g/mol. The summed E-state index contributed by atoms with van der Waals surface area (Å²) in [5.41, 5.74) is 0. The first-order valence-corrected chi connectivity index (χ1v) is 5.90. The lowest BCUT2D eigenvalue weighted by atomic mass is 10.3. The standard InChI is InChI=1S/C9H10BrNO3S/c1-14-9(13)3-2-7(12)11-8-4-6(10)5-15-8/h4-5H,2-3H2,1H3,(H,11,12). The zero-order valence-corrected chi connectivity index (χ0v) is 10.5. The Kier molecular flexibility index (Phi) is 4.77. The Balaban J connectivity index is 2.33. The van der Waals surface area contributed by atoms with E-state index in [0.29, 0.717) is 0 Å². The van der Waals surface area contributed by atoms with Crippen LogP contribution in [0.2, 0.25) is 0 Å². The molecule has 6 heteroatoms. The highest BCUT2D eigenvalue weighted by Crippen LogP contribution is 2.24. The second-order valence-electron chi connectivity index (χ2n) is 2.75. The Labute approximate surface area is 99.8 Å². The van der Waals surface area contributed by atoms with E-state index in [1.165, 1.54) is 18.4 Å². The number of hydrogen-bond acceptors (Lipinski definition) is 4. The maximum atomic E-state index is 11.3. The van der Waals surface area contributed by atoms with Crippen LogP contribution in [0, 0.1) is 0 Å². The number of esters is 1. The van der Waals surface area contributed by atoms with Gasteiger partial charge in [0.25, 0.3) is 0 Å². The van der Waals surface area contributed by atoms with Crippen LogP contribution >= 0.6 is 27.3 Å². The Bertz CT molecular complexity index is 364. The molecule has 1 amide bonds. The van der Waals surface area contributed by atoms with Gasteiger partial charge in [-0.3, -0.25) is 9.59 Å². The molecule has 0 aliphatic carbocycles. The fourth-order valence-electron chi connectivity index (χ4n) is 0.896. The molecule has 0 bridgehead atoms. The molecule has 4 nitrogen and oxygen atoms in total. The third-order valence-electron chi connectivity index (χ3n) is 1.61. The van der Waals surface area contributed by atoms with E-state index in [-0.39, 0.29) is 24.7 Å². The average Bonchev–Trinajstić information content (AvgIpc) is 2.60. The number of carbonyl (C=O) groups is 2. The van der Waals surface area contributed by atoms with E-state index in [2.05, 4.69) is 26.0 Å². The summed E-state index contributed by atoms with van der Waals surface area (Å²) in [6, 6.07) is 1.81. The van der Waals surface area contributed by atoms with E-state index >= 15 is 0 Å². The molecule has 1 aromatic heterocycles. The van der Waals surface area contributed by atoms with Crippen molar-refractivity contribution in [3.05, 3.63) is 15.9 Å². The van der Waals surface area contributed by atoms with Crippen LogP contribution in [0.15, 0.2) is 15.9 Å². The SMILES string of the molecule is COC(=O)CCC(=O)Nc1cc(Br)cs1. The van der Waals surface area contributed by atoms with Gasteiger partial charge in [-0.1, -0.05) is 0 Å². The molecule has 0 aliphatic rings. The molecule has 0 saturated heterocycles. The maximum absolute atomic E-state index is 11.3. The Hall–Kier alpha value is -0.880. The van der Waals surface area contributed by atoms with Gasteiger partial charge in [0, 0.05) is 16.3 Å². The van der Waals surface area contributed by atoms with E-state index in [9.17, 15) is 9.59 Å². The molecule has 0 fully saturated rings. The summed E-state index contributed by atoms with van der Waals surface area (Å²) in [6.45, 7) is 0. The summed E-state index contributed by atoms with van der Waals surface area (Å²) in [5, 5.41) is 5.32. The summed E-state index contributed by atoms with van der Waals surface area (Å²) in [6.07, 6.45) is 0.247. The van der Waals surface area contributed by atoms with Gasteiger partial charge in [-0.15, -0.1) is 11.3 Å². The number of anilines is 1. The van der Waals surface area contributed by atoms with Crippen molar-refractivity contribution >= 4 is 44.1 Å². The molecule has 1 rings (SSSR count). The predicted octanol–water partition coefficient (Wildman–Crippen LogP) is 2.40. The van der Waals surface area contributed by atoms with Crippen LogP contribution in [0.25, 0.3) is 0 Å². The number of ether oxygens (including phenoxy) is 1. The largest absolute Gasteiger partial charge is 0.469 e. The van der Waals surface area contributed by atoms with Crippen LogP contribution in [0.3, 0.4) is 0 Å². The van der Waals surface area contributed by atoms with E-state index in [1.807, 2.05) is 5.38 Å². The van der Waals surface area contributed by atoms with Gasteiger partial charge in [0.05, 0.1) is 18.5 Å². The van der Waals surface area contributed by atoms with Gasteiger partial charge in [0.2, 0.25) is 5.91 Å². The van der Waals surface area contributed by atoms with E-state index in [4.69, 9.17) is 0 Å². The first kappa shape index (κ1) is 12.2. The number of hydrogen-bond donors (Lipinski definition) is 1. The summed E-state index contributed by atoms with van der Waals surface area (Å²) in [4.78, 5) is 22.1. The smallest absolute Gasteiger partial charge is 0.306 e. The van der Waals surface area contributed by atoms with Crippen molar-refractivity contribution in [2.75, 3.05) is 12.4 Å². The van der Waals surface area contributed by atoms with Crippen LogP contribution in [0.5, 0.6) is 0 Å². The minimum atomic E-state index is -0.377. The lowest BCUT2D eigenvalue weighted by Crippen LogP contribution is -2.13. The van der Waals surface area contributed by atoms with Crippen molar-refractivity contribution in [1.82, 2.24) is 0 Å². The van der Waals surface area contributed by atoms with Crippen LogP contribution < -0.4 is 5.32 Å². The molecule has 82 valence electrons. The van der Waals surface area contributed by atoms with Crippen LogP contribution in [-0.2, 0) is 14.3 Å². The quantitative estimate of drug-likeness (QED) is 0.867. The summed E-state index contributed by atoms with van der Waals surface area (Å²) >= 11 is 4.70. The van der Waals surface area contributed by atoms with E-state index in [1.54, 1.807) is 6.07 Å². The molecule has 0 saturated carbocycles. The number of halogens is 1. The van der Waals surface area contributed by atoms with Crippen molar-refractivity contribution in [3.8, 4) is 0 Å². The summed E-state index contributed by atoms with van der Waals surface area (Å²) < 4.78 is 5.36. The normalized spacial score (nSPS) is 9.73. The highest BCUT2D eigenvalue weighted by Gasteiger charge is 2.07. The maximum Gasteiger partial charge on any atom is 0.306 e. The zero-order valence-electron chi connectivity index (χ0n) is 8.08. The molecule has 0 aliphatic heterocycles. The predicted molar refractivity (Wildman–Crippen MR) is 61.9 cm³/mol. The third-order valence-corrected chi connectivity index (χ3v) is 3.22. The zero-order chi connectivity index (χ0) is 11.3. The molecule has 0 unspecified atom stereocenters. The van der Waals surface area contributed by atoms with Gasteiger partial charge in [-0.2, -0.15) is 0 Å². The van der Waals surface area contributed by atoms with Crippen LogP contribution in [0.4, 0.5) is 5.00 Å². The van der Waals surface area contributed by atoms with Crippen molar-refractivity contribution in [1.29, 1.82) is 0 Å². The molecule has 15 heavy (non-hydrogen) atoms. The Morgan fingerprint density at radius 3 is 2.80 bits per heavy atom. The summed E-state index contributed by atoms with van der Waals surface area (Å²) in [5.74, 6) is -0.563. The lowest BCUT2D eigenvalue weighted by Gasteiger charge is -2.01. The number of nitrogens with one attached hydrogen (secondary N) is 1. The molecule has 0 spiro atoms. The molecular weight excluding hydrogens is 282 g/mol. The molecule has 1 N–H and O–H groups in total. The Morgan fingerprint density at radius 2 is 2.27 bits per heavy atom. The second kappa shape index (κ2) is 5.87. The fourth-order valence-corrected chi connectivity index (χ4v) is 2.23. The highest BCUT2D eigenvalue weighted by molar-refractivity contribution is 9.10. The molecule has 0 radical (unpaired) electrons. The van der Waals surface area contributed by atoms with Crippen molar-refractivity contribution in [2.45, 2.75) is 12.8 Å². The topological polar surface area (TPSA) is 55.4 Å². The van der Waals surface area contributed by atoms with Crippen LogP contribution in [0.1, 0.15) is 12.8 Å². The van der Waals surface area contributed by atoms with Gasteiger partial charge in [-0.05, 0) is 22.0 Å². The van der Waals surface area contributed by atoms with Crippen molar-refractivity contribution in [3.63, 3.8) is 0 Å². The fraction of sp³-hybridized carbons (Fsp3) is 0.333. The molecule has 0 aromatic carbocycles. The lowest BCUT2D eigenvalue weighted by molar-refractivity contribution is -0.141. The van der Waals surface area contributed by atoms with Gasteiger partial charge in [-0.25, -0.2) is 0 Å². The van der Waals surface area contributed by atoms with E-state index < -0.39 is 0 Å². The molecular formula is C9H10BrNO3S. The minimum Gasteiger partial charge on any atom is -0.469 e.